The topological polar surface area (TPSA) is 17.1 Å². The summed E-state index contributed by atoms with van der Waals surface area (Å²) in [6.45, 7) is 1.95. The molecule has 0 aliphatic heterocycles. The molecule has 11 heavy (non-hydrogen) atoms. The molecule has 0 aromatic heterocycles. The fourth-order valence-electron chi connectivity index (χ4n) is 0.957. The molecule has 0 fully saturated rings. The van der Waals surface area contributed by atoms with Crippen LogP contribution >= 0.6 is 12.6 Å². The summed E-state index contributed by atoms with van der Waals surface area (Å²) >= 11 is 4.07. The van der Waals surface area contributed by atoms with Gasteiger partial charge in [0, 0.05) is 0 Å². The zero-order chi connectivity index (χ0) is 8.27. The summed E-state index contributed by atoms with van der Waals surface area (Å²) in [7, 11) is 0. The molecule has 0 aliphatic rings. The molecule has 1 radical (unpaired) electrons. The van der Waals surface area contributed by atoms with E-state index in [2.05, 4.69) is 12.6 Å². The lowest BCUT2D eigenvalue weighted by Crippen LogP contribution is -1.93. The van der Waals surface area contributed by atoms with E-state index in [4.69, 9.17) is 0 Å². The van der Waals surface area contributed by atoms with E-state index in [1.807, 2.05) is 37.5 Å². The molecular formula is C9H9OS. The minimum atomic E-state index is -0.406. The highest BCUT2D eigenvalue weighted by Crippen LogP contribution is 2.20. The Morgan fingerprint density at radius 3 is 2.64 bits per heavy atom. The zero-order valence-corrected chi connectivity index (χ0v) is 7.14. The molecule has 1 nitrogen and oxygen atoms in total. The Balaban J connectivity index is 3.02. The van der Waals surface area contributed by atoms with Crippen LogP contribution in [0, 0.1) is 6.92 Å². The van der Waals surface area contributed by atoms with Crippen LogP contribution in [0.3, 0.4) is 0 Å². The third-order valence-corrected chi connectivity index (χ3v) is 1.98. The molecule has 2 heteroatoms. The van der Waals surface area contributed by atoms with Crippen LogP contribution in [0.15, 0.2) is 24.3 Å². The van der Waals surface area contributed by atoms with Crippen molar-refractivity contribution in [1.29, 1.82) is 0 Å². The van der Waals surface area contributed by atoms with E-state index in [0.717, 1.165) is 11.1 Å². The van der Waals surface area contributed by atoms with Gasteiger partial charge in [0.15, 0.2) is 0 Å². The van der Waals surface area contributed by atoms with Crippen molar-refractivity contribution in [2.24, 2.45) is 0 Å². The van der Waals surface area contributed by atoms with Gasteiger partial charge in [-0.2, -0.15) is 12.6 Å². The second kappa shape index (κ2) is 3.58. The fourth-order valence-corrected chi connectivity index (χ4v) is 1.25. The molecule has 0 saturated carbocycles. The predicted octanol–water partition coefficient (Wildman–Crippen LogP) is 2.08. The minimum Gasteiger partial charge on any atom is -0.289 e. The highest BCUT2D eigenvalue weighted by molar-refractivity contribution is 7.81. The summed E-state index contributed by atoms with van der Waals surface area (Å²) in [6, 6.07) is 7.67. The molecule has 0 amide bonds. The van der Waals surface area contributed by atoms with Gasteiger partial charge in [-0.3, -0.25) is 4.79 Å². The quantitative estimate of drug-likeness (QED) is 0.664. The Hall–Kier alpha value is -0.760. The number of hydrogen-bond acceptors (Lipinski definition) is 2. The number of rotatable bonds is 2. The standard InChI is InChI=1S/C9H9OS/c1-7-4-2-3-5-8(7)9(11)6-10/h2-5,9,11H,1H3. The predicted molar refractivity (Wildman–Crippen MR) is 48.6 cm³/mol. The van der Waals surface area contributed by atoms with Crippen molar-refractivity contribution >= 4 is 18.9 Å². The van der Waals surface area contributed by atoms with Gasteiger partial charge >= 0.3 is 0 Å². The summed E-state index contributed by atoms with van der Waals surface area (Å²) in [5.41, 5.74) is 2.02. The van der Waals surface area contributed by atoms with Gasteiger partial charge in [-0.15, -0.1) is 0 Å². The van der Waals surface area contributed by atoms with Gasteiger partial charge in [0.1, 0.15) is 0 Å². The number of benzene rings is 1. The Morgan fingerprint density at radius 2 is 2.09 bits per heavy atom. The second-order valence-corrected chi connectivity index (χ2v) is 2.89. The SMILES string of the molecule is Cc1ccccc1C(S)[C]=O. The first-order valence-electron chi connectivity index (χ1n) is 3.37. The molecule has 1 aromatic carbocycles. The lowest BCUT2D eigenvalue weighted by atomic mass is 10.1. The van der Waals surface area contributed by atoms with E-state index in [-0.39, 0.29) is 0 Å². The Bertz CT molecular complexity index is 257. The number of thiol groups is 1. The van der Waals surface area contributed by atoms with E-state index >= 15 is 0 Å². The normalized spacial score (nSPS) is 12.5. The van der Waals surface area contributed by atoms with Crippen LogP contribution in [-0.4, -0.2) is 6.29 Å². The van der Waals surface area contributed by atoms with E-state index in [9.17, 15) is 4.79 Å². The number of aryl methyl sites for hydroxylation is 1. The minimum absolute atomic E-state index is 0.406. The average molecular weight is 165 g/mol. The van der Waals surface area contributed by atoms with Crippen LogP contribution in [0.25, 0.3) is 0 Å². The van der Waals surface area contributed by atoms with Gasteiger partial charge in [-0.1, -0.05) is 24.3 Å². The van der Waals surface area contributed by atoms with Crippen molar-refractivity contribution in [2.45, 2.75) is 12.2 Å². The van der Waals surface area contributed by atoms with Gasteiger partial charge in [0.2, 0.25) is 6.29 Å². The van der Waals surface area contributed by atoms with Crippen molar-refractivity contribution in [3.05, 3.63) is 35.4 Å². The van der Waals surface area contributed by atoms with Crippen molar-refractivity contribution in [1.82, 2.24) is 0 Å². The van der Waals surface area contributed by atoms with Crippen LogP contribution in [0.4, 0.5) is 0 Å². The molecule has 57 valence electrons. The Kier molecular flexibility index (Phi) is 2.71. The van der Waals surface area contributed by atoms with Crippen molar-refractivity contribution in [3.63, 3.8) is 0 Å². The molecule has 1 unspecified atom stereocenters. The summed E-state index contributed by atoms with van der Waals surface area (Å²) in [4.78, 5) is 10.3. The van der Waals surface area contributed by atoms with Gasteiger partial charge in [-0.25, -0.2) is 0 Å². The van der Waals surface area contributed by atoms with Crippen molar-refractivity contribution < 1.29 is 4.79 Å². The van der Waals surface area contributed by atoms with Crippen molar-refractivity contribution in [2.75, 3.05) is 0 Å². The summed E-state index contributed by atoms with van der Waals surface area (Å²) in [6.07, 6.45) is 1.84. The van der Waals surface area contributed by atoms with E-state index < -0.39 is 5.25 Å². The zero-order valence-electron chi connectivity index (χ0n) is 6.24. The molecule has 1 aromatic rings. The van der Waals surface area contributed by atoms with Crippen LogP contribution in [-0.2, 0) is 4.79 Å². The number of hydrogen-bond donors (Lipinski definition) is 1. The Labute approximate surface area is 71.8 Å². The number of carbonyl (C=O) groups excluding carboxylic acids is 1. The van der Waals surface area contributed by atoms with E-state index in [1.54, 1.807) is 0 Å². The van der Waals surface area contributed by atoms with Gasteiger partial charge < -0.3 is 0 Å². The smallest absolute Gasteiger partial charge is 0.217 e. The van der Waals surface area contributed by atoms with Crippen molar-refractivity contribution in [3.8, 4) is 0 Å². The molecule has 0 saturated heterocycles. The van der Waals surface area contributed by atoms with E-state index in [1.165, 1.54) is 0 Å². The summed E-state index contributed by atoms with van der Waals surface area (Å²) < 4.78 is 0. The fraction of sp³-hybridized carbons (Fsp3) is 0.222. The first kappa shape index (κ1) is 8.34. The van der Waals surface area contributed by atoms with Gasteiger partial charge in [0.05, 0.1) is 5.25 Å². The monoisotopic (exact) mass is 165 g/mol. The summed E-state index contributed by atoms with van der Waals surface area (Å²) in [5, 5.41) is -0.406. The van der Waals surface area contributed by atoms with Gasteiger partial charge in [0.25, 0.3) is 0 Å². The highest BCUT2D eigenvalue weighted by atomic mass is 32.1. The van der Waals surface area contributed by atoms with Crippen LogP contribution in [0.1, 0.15) is 16.4 Å². The van der Waals surface area contributed by atoms with E-state index in [0.29, 0.717) is 0 Å². The molecule has 1 rings (SSSR count). The first-order chi connectivity index (χ1) is 5.25. The summed E-state index contributed by atoms with van der Waals surface area (Å²) in [5.74, 6) is 0. The first-order valence-corrected chi connectivity index (χ1v) is 3.88. The maximum atomic E-state index is 10.3. The average Bonchev–Trinajstić information content (AvgIpc) is 2.04. The molecule has 0 spiro atoms. The van der Waals surface area contributed by atoms with Crippen LogP contribution < -0.4 is 0 Å². The lowest BCUT2D eigenvalue weighted by molar-refractivity contribution is 0.554. The third kappa shape index (κ3) is 1.84. The van der Waals surface area contributed by atoms with Gasteiger partial charge in [-0.05, 0) is 18.1 Å². The van der Waals surface area contributed by atoms with Crippen LogP contribution in [0.2, 0.25) is 0 Å². The maximum absolute atomic E-state index is 10.3. The highest BCUT2D eigenvalue weighted by Gasteiger charge is 2.06. The molecule has 0 N–H and O–H groups in total. The lowest BCUT2D eigenvalue weighted by Gasteiger charge is -2.04. The maximum Gasteiger partial charge on any atom is 0.217 e. The molecular weight excluding hydrogens is 156 g/mol. The Morgan fingerprint density at radius 1 is 1.45 bits per heavy atom. The molecule has 0 heterocycles. The largest absolute Gasteiger partial charge is 0.289 e. The molecule has 0 aliphatic carbocycles. The molecule has 0 bridgehead atoms. The third-order valence-electron chi connectivity index (χ3n) is 1.59. The van der Waals surface area contributed by atoms with Crippen LogP contribution in [0.5, 0.6) is 0 Å². The second-order valence-electron chi connectivity index (χ2n) is 2.38. The molecule has 1 atom stereocenters.